The topological polar surface area (TPSA) is 49.4 Å². The molecule has 2 saturated heterocycles. The highest BCUT2D eigenvalue weighted by molar-refractivity contribution is 5.83. The van der Waals surface area contributed by atoms with Gasteiger partial charge in [0.15, 0.2) is 0 Å². The number of likely N-dealkylation sites (tertiary alicyclic amines) is 1. The molecule has 3 fully saturated rings. The Hall–Kier alpha value is -2.36. The number of nitrogens with zero attached hydrogens (tertiary/aromatic N) is 1. The first-order valence-corrected chi connectivity index (χ1v) is 12.2. The Balaban J connectivity index is 1.30. The average Bonchev–Trinajstić information content (AvgIpc) is 3.21. The normalized spacial score (nSPS) is 31.2. The highest BCUT2D eigenvalue weighted by Gasteiger charge is 2.51. The van der Waals surface area contributed by atoms with Gasteiger partial charge < -0.3 is 10.2 Å². The molecule has 0 spiro atoms. The summed E-state index contributed by atoms with van der Waals surface area (Å²) >= 11 is 0. The lowest BCUT2D eigenvalue weighted by Crippen LogP contribution is -2.45. The van der Waals surface area contributed by atoms with E-state index in [-0.39, 0.29) is 22.8 Å². The fraction of sp³-hybridized carbons (Fsp3) is 0.571. The van der Waals surface area contributed by atoms with Crippen molar-refractivity contribution in [3.63, 3.8) is 0 Å². The van der Waals surface area contributed by atoms with Crippen LogP contribution in [0.25, 0.3) is 10.8 Å². The third kappa shape index (κ3) is 4.16. The van der Waals surface area contributed by atoms with Crippen LogP contribution in [0.5, 0.6) is 0 Å². The molecule has 1 saturated carbocycles. The summed E-state index contributed by atoms with van der Waals surface area (Å²) in [6, 6.07) is 15.3. The molecule has 2 aliphatic heterocycles. The first-order chi connectivity index (χ1) is 15.1. The van der Waals surface area contributed by atoms with E-state index in [0.717, 1.165) is 32.2 Å². The summed E-state index contributed by atoms with van der Waals surface area (Å²) in [7, 11) is 0. The minimum atomic E-state index is -0.312. The van der Waals surface area contributed by atoms with Crippen molar-refractivity contribution < 1.29 is 9.59 Å². The summed E-state index contributed by atoms with van der Waals surface area (Å²) in [5, 5.41) is 5.72. The maximum absolute atomic E-state index is 13.4. The van der Waals surface area contributed by atoms with Gasteiger partial charge in [0.25, 0.3) is 0 Å². The number of carbonyl (C=O) groups is 2. The van der Waals surface area contributed by atoms with Crippen LogP contribution in [0.15, 0.2) is 42.5 Å². The van der Waals surface area contributed by atoms with Crippen LogP contribution in [0.1, 0.15) is 71.3 Å². The summed E-state index contributed by atoms with van der Waals surface area (Å²) in [6.07, 6.45) is 6.82. The minimum Gasteiger partial charge on any atom is -0.350 e. The second-order valence-corrected chi connectivity index (χ2v) is 11.9. The van der Waals surface area contributed by atoms with E-state index in [4.69, 9.17) is 0 Å². The molecule has 4 heteroatoms. The molecule has 1 N–H and O–H groups in total. The van der Waals surface area contributed by atoms with E-state index in [2.05, 4.69) is 73.5 Å². The second kappa shape index (κ2) is 7.60. The predicted octanol–water partition coefficient (Wildman–Crippen LogP) is 5.24. The first-order valence-electron chi connectivity index (χ1n) is 12.2. The van der Waals surface area contributed by atoms with Gasteiger partial charge in [0, 0.05) is 31.0 Å². The highest BCUT2D eigenvalue weighted by atomic mass is 16.2. The van der Waals surface area contributed by atoms with E-state index in [1.807, 2.05) is 0 Å². The molecule has 3 atom stereocenters. The lowest BCUT2D eigenvalue weighted by molar-refractivity contribution is -0.133. The van der Waals surface area contributed by atoms with Gasteiger partial charge in [-0.05, 0) is 65.7 Å². The van der Waals surface area contributed by atoms with Gasteiger partial charge in [0.2, 0.25) is 11.8 Å². The third-order valence-electron chi connectivity index (χ3n) is 8.14. The third-order valence-corrected chi connectivity index (χ3v) is 8.14. The van der Waals surface area contributed by atoms with Crippen LogP contribution >= 0.6 is 0 Å². The Bertz CT molecular complexity index is 1060. The van der Waals surface area contributed by atoms with Gasteiger partial charge in [-0.15, -0.1) is 0 Å². The maximum atomic E-state index is 13.4. The highest BCUT2D eigenvalue weighted by Crippen LogP contribution is 2.52. The molecule has 2 heterocycles. The zero-order valence-electron chi connectivity index (χ0n) is 19.7. The number of hydrogen-bond acceptors (Lipinski definition) is 2. The van der Waals surface area contributed by atoms with Crippen LogP contribution < -0.4 is 5.32 Å². The molecular formula is C28H36N2O2. The molecule has 0 aromatic heterocycles. The van der Waals surface area contributed by atoms with Gasteiger partial charge in [-0.3, -0.25) is 9.59 Å². The summed E-state index contributed by atoms with van der Waals surface area (Å²) in [5.41, 5.74) is 1.48. The van der Waals surface area contributed by atoms with Crippen molar-refractivity contribution in [1.82, 2.24) is 10.2 Å². The molecule has 2 bridgehead atoms. The molecule has 0 unspecified atom stereocenters. The van der Waals surface area contributed by atoms with Crippen LogP contribution in [0.2, 0.25) is 0 Å². The van der Waals surface area contributed by atoms with Crippen molar-refractivity contribution >= 4 is 22.6 Å². The van der Waals surface area contributed by atoms with Crippen molar-refractivity contribution in [2.75, 3.05) is 6.54 Å². The number of fused-ring (bicyclic) bond motifs is 3. The number of nitrogens with one attached hydrogen (secondary N) is 1. The molecule has 170 valence electrons. The molecule has 3 aliphatic rings. The largest absolute Gasteiger partial charge is 0.350 e. The SMILES string of the molecule is CC1(C)C[C@H]2C[C@@](C)(CN2C(=O)CC[C@@]2(Cc3ccc4ccccc4c3)CCC(=O)N2)C1. The van der Waals surface area contributed by atoms with E-state index < -0.39 is 0 Å². The van der Waals surface area contributed by atoms with Gasteiger partial charge in [-0.25, -0.2) is 0 Å². The quantitative estimate of drug-likeness (QED) is 0.703. The van der Waals surface area contributed by atoms with Crippen molar-refractivity contribution in [3.8, 4) is 0 Å². The molecule has 5 rings (SSSR count). The van der Waals surface area contributed by atoms with Crippen molar-refractivity contribution in [3.05, 3.63) is 48.0 Å². The van der Waals surface area contributed by atoms with Crippen LogP contribution in [-0.4, -0.2) is 34.8 Å². The van der Waals surface area contributed by atoms with E-state index in [1.54, 1.807) is 0 Å². The van der Waals surface area contributed by atoms with Crippen LogP contribution in [-0.2, 0) is 16.0 Å². The Kier molecular flexibility index (Phi) is 5.11. The number of amides is 2. The van der Waals surface area contributed by atoms with E-state index >= 15 is 0 Å². The zero-order chi connectivity index (χ0) is 22.6. The van der Waals surface area contributed by atoms with Crippen LogP contribution in [0, 0.1) is 10.8 Å². The van der Waals surface area contributed by atoms with Crippen LogP contribution in [0.3, 0.4) is 0 Å². The maximum Gasteiger partial charge on any atom is 0.222 e. The standard InChI is InChI=1S/C28H36N2O2/c1-26(2)16-23-17-27(3,18-26)19-30(23)25(32)11-13-28(12-10-24(31)29-28)15-20-8-9-21-6-4-5-7-22(21)14-20/h4-9,14,23H,10-13,15-19H2,1-3H3,(H,29,31)/t23-,27+,28+/m0/s1. The van der Waals surface area contributed by atoms with Crippen molar-refractivity contribution in [1.29, 1.82) is 0 Å². The minimum absolute atomic E-state index is 0.115. The van der Waals surface area contributed by atoms with E-state index in [9.17, 15) is 9.59 Å². The van der Waals surface area contributed by atoms with Gasteiger partial charge in [-0.2, -0.15) is 0 Å². The number of benzene rings is 2. The van der Waals surface area contributed by atoms with Gasteiger partial charge in [0.05, 0.1) is 0 Å². The summed E-state index contributed by atoms with van der Waals surface area (Å²) < 4.78 is 0. The lowest BCUT2D eigenvalue weighted by Gasteiger charge is -2.39. The zero-order valence-corrected chi connectivity index (χ0v) is 19.7. The Morgan fingerprint density at radius 3 is 2.62 bits per heavy atom. The van der Waals surface area contributed by atoms with Gasteiger partial charge in [-0.1, -0.05) is 63.2 Å². The average molecular weight is 433 g/mol. The molecule has 2 amide bonds. The smallest absolute Gasteiger partial charge is 0.222 e. The summed E-state index contributed by atoms with van der Waals surface area (Å²) in [5.74, 6) is 0.389. The lowest BCUT2D eigenvalue weighted by atomic mass is 9.65. The second-order valence-electron chi connectivity index (χ2n) is 11.9. The number of carbonyl (C=O) groups excluding carboxylic acids is 2. The number of rotatable bonds is 5. The van der Waals surface area contributed by atoms with Gasteiger partial charge >= 0.3 is 0 Å². The Morgan fingerprint density at radius 1 is 1.09 bits per heavy atom. The van der Waals surface area contributed by atoms with E-state index in [0.29, 0.717) is 30.7 Å². The Morgan fingerprint density at radius 2 is 1.88 bits per heavy atom. The molecule has 1 aliphatic carbocycles. The monoisotopic (exact) mass is 432 g/mol. The van der Waals surface area contributed by atoms with Gasteiger partial charge in [0.1, 0.15) is 0 Å². The molecule has 2 aromatic rings. The summed E-state index contributed by atoms with van der Waals surface area (Å²) in [6.45, 7) is 7.94. The summed E-state index contributed by atoms with van der Waals surface area (Å²) in [4.78, 5) is 27.8. The predicted molar refractivity (Wildman–Crippen MR) is 128 cm³/mol. The molecule has 2 aromatic carbocycles. The molecule has 32 heavy (non-hydrogen) atoms. The fourth-order valence-corrected chi connectivity index (χ4v) is 7.16. The van der Waals surface area contributed by atoms with E-state index in [1.165, 1.54) is 22.8 Å². The first kappa shape index (κ1) is 21.5. The number of hydrogen-bond donors (Lipinski definition) is 1. The fourth-order valence-electron chi connectivity index (χ4n) is 7.16. The Labute approximate surface area is 191 Å². The molecule has 4 nitrogen and oxygen atoms in total. The van der Waals surface area contributed by atoms with Crippen LogP contribution in [0.4, 0.5) is 0 Å². The van der Waals surface area contributed by atoms with Crippen molar-refractivity contribution in [2.24, 2.45) is 10.8 Å². The molecular weight excluding hydrogens is 396 g/mol. The molecule has 0 radical (unpaired) electrons. The van der Waals surface area contributed by atoms with Crippen molar-refractivity contribution in [2.45, 2.75) is 83.7 Å².